The number of hydrogen-bond acceptors (Lipinski definition) is 7. The third-order valence-corrected chi connectivity index (χ3v) is 5.54. The van der Waals surface area contributed by atoms with Crippen molar-refractivity contribution in [1.29, 1.82) is 0 Å². The maximum atomic E-state index is 12.4. The molecule has 0 aliphatic heterocycles. The molecular weight excluding hydrogens is 356 g/mol. The minimum atomic E-state index is -0.0330. The summed E-state index contributed by atoms with van der Waals surface area (Å²) in [5.74, 6) is 0.991. The van der Waals surface area contributed by atoms with Gasteiger partial charge in [0, 0.05) is 30.8 Å². The minimum Gasteiger partial charge on any atom is -0.339 e. The SMILES string of the molecule is CN(C(=O)CCc1nc(-c2ccsc2)no1)c1nc2ccccc2s1. The molecule has 0 saturated carbocycles. The normalized spacial score (nSPS) is 11.1. The van der Waals surface area contributed by atoms with Gasteiger partial charge in [-0.1, -0.05) is 28.6 Å². The highest BCUT2D eigenvalue weighted by Crippen LogP contribution is 2.28. The number of carbonyl (C=O) groups is 1. The van der Waals surface area contributed by atoms with Crippen LogP contribution in [0.4, 0.5) is 5.13 Å². The summed E-state index contributed by atoms with van der Waals surface area (Å²) in [6, 6.07) is 9.78. The molecule has 0 fully saturated rings. The molecule has 0 unspecified atom stereocenters. The van der Waals surface area contributed by atoms with E-state index in [9.17, 15) is 4.79 Å². The van der Waals surface area contributed by atoms with Gasteiger partial charge in [-0.2, -0.15) is 16.3 Å². The standard InChI is InChI=1S/C17H14N4O2S2/c1-21(17-18-12-4-2-3-5-13(12)25-17)15(22)7-6-14-19-16(20-23-14)11-8-9-24-10-11/h2-5,8-10H,6-7H2,1H3. The van der Waals surface area contributed by atoms with Gasteiger partial charge in [0.25, 0.3) is 0 Å². The Kier molecular flexibility index (Phi) is 4.29. The molecule has 4 aromatic rings. The third-order valence-electron chi connectivity index (χ3n) is 3.74. The van der Waals surface area contributed by atoms with Crippen molar-refractivity contribution < 1.29 is 9.32 Å². The molecule has 8 heteroatoms. The van der Waals surface area contributed by atoms with E-state index in [0.717, 1.165) is 15.8 Å². The van der Waals surface area contributed by atoms with E-state index in [1.54, 1.807) is 23.3 Å². The summed E-state index contributed by atoms with van der Waals surface area (Å²) in [5.41, 5.74) is 1.83. The maximum Gasteiger partial charge on any atom is 0.229 e. The van der Waals surface area contributed by atoms with Gasteiger partial charge in [-0.3, -0.25) is 9.69 Å². The predicted molar refractivity (Wildman–Crippen MR) is 99.0 cm³/mol. The lowest BCUT2D eigenvalue weighted by Gasteiger charge is -2.12. The van der Waals surface area contributed by atoms with E-state index in [4.69, 9.17) is 4.52 Å². The molecule has 3 heterocycles. The molecule has 3 aromatic heterocycles. The number of aryl methyl sites for hydroxylation is 1. The van der Waals surface area contributed by atoms with Crippen LogP contribution in [0.2, 0.25) is 0 Å². The topological polar surface area (TPSA) is 72.1 Å². The maximum absolute atomic E-state index is 12.4. The number of nitrogens with zero attached hydrogens (tertiary/aromatic N) is 4. The van der Waals surface area contributed by atoms with Crippen LogP contribution < -0.4 is 4.90 Å². The lowest BCUT2D eigenvalue weighted by Crippen LogP contribution is -2.26. The van der Waals surface area contributed by atoms with Crippen LogP contribution in [0.1, 0.15) is 12.3 Å². The molecule has 0 aliphatic carbocycles. The van der Waals surface area contributed by atoms with Gasteiger partial charge in [0.05, 0.1) is 10.2 Å². The van der Waals surface area contributed by atoms with Crippen LogP contribution in [0.5, 0.6) is 0 Å². The molecule has 0 atom stereocenters. The Bertz CT molecular complexity index is 974. The monoisotopic (exact) mass is 370 g/mol. The Morgan fingerprint density at radius 2 is 2.12 bits per heavy atom. The van der Waals surface area contributed by atoms with Crippen molar-refractivity contribution in [3.63, 3.8) is 0 Å². The van der Waals surface area contributed by atoms with E-state index in [-0.39, 0.29) is 12.3 Å². The second-order valence-corrected chi connectivity index (χ2v) is 7.23. The molecule has 0 aliphatic rings. The van der Waals surface area contributed by atoms with Crippen molar-refractivity contribution in [2.24, 2.45) is 0 Å². The Hall–Kier alpha value is -2.58. The van der Waals surface area contributed by atoms with E-state index in [1.165, 1.54) is 11.3 Å². The van der Waals surface area contributed by atoms with E-state index < -0.39 is 0 Å². The lowest BCUT2D eigenvalue weighted by molar-refractivity contribution is -0.118. The number of fused-ring (bicyclic) bond motifs is 1. The van der Waals surface area contributed by atoms with Crippen molar-refractivity contribution >= 4 is 43.9 Å². The number of carbonyl (C=O) groups excluding carboxylic acids is 1. The van der Waals surface area contributed by atoms with Crippen LogP contribution >= 0.6 is 22.7 Å². The fourth-order valence-corrected chi connectivity index (χ4v) is 3.94. The van der Waals surface area contributed by atoms with Gasteiger partial charge in [0.15, 0.2) is 5.13 Å². The van der Waals surface area contributed by atoms with Crippen LogP contribution in [0.3, 0.4) is 0 Å². The molecule has 126 valence electrons. The number of thiophene rings is 1. The third kappa shape index (κ3) is 3.31. The average Bonchev–Trinajstić information content (AvgIpc) is 3.38. The Labute approximate surface area is 151 Å². The summed E-state index contributed by atoms with van der Waals surface area (Å²) >= 11 is 3.08. The quantitative estimate of drug-likeness (QED) is 0.531. The molecular formula is C17H14N4O2S2. The number of rotatable bonds is 5. The number of anilines is 1. The molecule has 0 radical (unpaired) electrons. The highest BCUT2D eigenvalue weighted by Gasteiger charge is 2.17. The van der Waals surface area contributed by atoms with Crippen molar-refractivity contribution in [2.45, 2.75) is 12.8 Å². The Morgan fingerprint density at radius 3 is 2.92 bits per heavy atom. The zero-order chi connectivity index (χ0) is 17.2. The fourth-order valence-electron chi connectivity index (χ4n) is 2.36. The number of para-hydroxylation sites is 1. The number of amides is 1. The second-order valence-electron chi connectivity index (χ2n) is 5.44. The van der Waals surface area contributed by atoms with Crippen molar-refractivity contribution in [3.05, 3.63) is 47.0 Å². The summed E-state index contributed by atoms with van der Waals surface area (Å²) in [6.45, 7) is 0. The molecule has 25 heavy (non-hydrogen) atoms. The Morgan fingerprint density at radius 1 is 1.24 bits per heavy atom. The summed E-state index contributed by atoms with van der Waals surface area (Å²) in [7, 11) is 1.74. The van der Waals surface area contributed by atoms with Gasteiger partial charge in [-0.25, -0.2) is 4.98 Å². The van der Waals surface area contributed by atoms with Crippen LogP contribution in [0.25, 0.3) is 21.6 Å². The molecule has 0 N–H and O–H groups in total. The molecule has 0 spiro atoms. The summed E-state index contributed by atoms with van der Waals surface area (Å²) in [6.07, 6.45) is 0.697. The smallest absolute Gasteiger partial charge is 0.229 e. The number of benzene rings is 1. The number of thiazole rings is 1. The first-order chi connectivity index (χ1) is 12.2. The zero-order valence-corrected chi connectivity index (χ0v) is 15.0. The van der Waals surface area contributed by atoms with Crippen LogP contribution in [0.15, 0.2) is 45.6 Å². The van der Waals surface area contributed by atoms with Gasteiger partial charge in [0.2, 0.25) is 17.6 Å². The van der Waals surface area contributed by atoms with E-state index in [1.807, 2.05) is 41.1 Å². The molecule has 1 aromatic carbocycles. The highest BCUT2D eigenvalue weighted by molar-refractivity contribution is 7.22. The van der Waals surface area contributed by atoms with Gasteiger partial charge >= 0.3 is 0 Å². The summed E-state index contributed by atoms with van der Waals surface area (Å²) < 4.78 is 6.30. The molecule has 4 rings (SSSR count). The van der Waals surface area contributed by atoms with Gasteiger partial charge in [-0.15, -0.1) is 0 Å². The predicted octanol–water partition coefficient (Wildman–Crippen LogP) is 4.00. The number of aromatic nitrogens is 3. The average molecular weight is 370 g/mol. The van der Waals surface area contributed by atoms with Gasteiger partial charge in [-0.05, 0) is 23.6 Å². The zero-order valence-electron chi connectivity index (χ0n) is 13.4. The van der Waals surface area contributed by atoms with E-state index in [2.05, 4.69) is 15.1 Å². The first-order valence-electron chi connectivity index (χ1n) is 7.68. The van der Waals surface area contributed by atoms with Crippen LogP contribution in [-0.4, -0.2) is 28.1 Å². The highest BCUT2D eigenvalue weighted by atomic mass is 32.1. The molecule has 0 saturated heterocycles. The Balaban J connectivity index is 1.41. The molecule has 0 bridgehead atoms. The van der Waals surface area contributed by atoms with E-state index in [0.29, 0.717) is 23.3 Å². The van der Waals surface area contributed by atoms with Gasteiger partial charge < -0.3 is 4.52 Å². The first-order valence-corrected chi connectivity index (χ1v) is 9.44. The van der Waals surface area contributed by atoms with Crippen molar-refractivity contribution in [2.75, 3.05) is 11.9 Å². The fraction of sp³-hybridized carbons (Fsp3) is 0.176. The first kappa shape index (κ1) is 15.9. The molecule has 6 nitrogen and oxygen atoms in total. The van der Waals surface area contributed by atoms with E-state index >= 15 is 0 Å². The van der Waals surface area contributed by atoms with Crippen molar-refractivity contribution in [3.8, 4) is 11.4 Å². The number of hydrogen-bond donors (Lipinski definition) is 0. The van der Waals surface area contributed by atoms with Crippen molar-refractivity contribution in [1.82, 2.24) is 15.1 Å². The second kappa shape index (κ2) is 6.73. The van der Waals surface area contributed by atoms with Crippen LogP contribution in [0, 0.1) is 0 Å². The summed E-state index contributed by atoms with van der Waals surface area (Å²) in [4.78, 5) is 22.9. The minimum absolute atomic E-state index is 0.0330. The molecule has 1 amide bonds. The lowest BCUT2D eigenvalue weighted by atomic mass is 10.3. The largest absolute Gasteiger partial charge is 0.339 e. The van der Waals surface area contributed by atoms with Gasteiger partial charge in [0.1, 0.15) is 0 Å². The van der Waals surface area contributed by atoms with Crippen LogP contribution in [-0.2, 0) is 11.2 Å². The summed E-state index contributed by atoms with van der Waals surface area (Å²) in [5, 5.41) is 8.56.